The summed E-state index contributed by atoms with van der Waals surface area (Å²) in [6, 6.07) is 9.94. The normalized spacial score (nSPS) is 20.5. The van der Waals surface area contributed by atoms with Gasteiger partial charge in [-0.05, 0) is 18.4 Å². The minimum Gasteiger partial charge on any atom is -0.438 e. The minimum absolute atomic E-state index is 0.0300. The van der Waals surface area contributed by atoms with Crippen LogP contribution >= 0.6 is 0 Å². The molecule has 1 aromatic heterocycles. The largest absolute Gasteiger partial charge is 0.438 e. The number of rotatable bonds is 3. The van der Waals surface area contributed by atoms with Crippen LogP contribution in [-0.4, -0.2) is 46.0 Å². The van der Waals surface area contributed by atoms with Crippen molar-refractivity contribution in [1.29, 1.82) is 0 Å². The maximum absolute atomic E-state index is 13.0. The summed E-state index contributed by atoms with van der Waals surface area (Å²) in [5.41, 5.74) is 1.09. The van der Waals surface area contributed by atoms with Crippen LogP contribution in [0.4, 0.5) is 0 Å². The molecule has 0 radical (unpaired) electrons. The van der Waals surface area contributed by atoms with Crippen LogP contribution in [0.3, 0.4) is 0 Å². The Morgan fingerprint density at radius 1 is 1.12 bits per heavy atom. The van der Waals surface area contributed by atoms with Crippen molar-refractivity contribution < 1.29 is 14.0 Å². The highest BCUT2D eigenvalue weighted by Crippen LogP contribution is 2.31. The quantitative estimate of drug-likeness (QED) is 0.850. The van der Waals surface area contributed by atoms with E-state index >= 15 is 0 Å². The first-order chi connectivity index (χ1) is 12.7. The first-order valence-corrected chi connectivity index (χ1v) is 8.82. The van der Waals surface area contributed by atoms with Gasteiger partial charge in [-0.25, -0.2) is 9.99 Å². The first-order valence-electron chi connectivity index (χ1n) is 8.82. The summed E-state index contributed by atoms with van der Waals surface area (Å²) in [4.78, 5) is 30.8. The number of benzene rings is 1. The van der Waals surface area contributed by atoms with Gasteiger partial charge < -0.3 is 9.32 Å². The van der Waals surface area contributed by atoms with Gasteiger partial charge in [0.2, 0.25) is 11.7 Å². The molecule has 7 nitrogen and oxygen atoms in total. The summed E-state index contributed by atoms with van der Waals surface area (Å²) in [7, 11) is 0. The third kappa shape index (κ3) is 3.12. The number of oxazole rings is 1. The van der Waals surface area contributed by atoms with E-state index in [-0.39, 0.29) is 29.5 Å². The Kier molecular flexibility index (Phi) is 4.51. The fourth-order valence-electron chi connectivity index (χ4n) is 3.57. The topological polar surface area (TPSA) is 79.0 Å². The molecule has 7 heteroatoms. The van der Waals surface area contributed by atoms with Crippen molar-refractivity contribution in [3.8, 4) is 0 Å². The molecule has 2 aromatic rings. The predicted octanol–water partition coefficient (Wildman–Crippen LogP) is 2.49. The molecule has 134 valence electrons. The van der Waals surface area contributed by atoms with E-state index in [1.165, 1.54) is 12.6 Å². The molecule has 26 heavy (non-hydrogen) atoms. The van der Waals surface area contributed by atoms with Crippen molar-refractivity contribution in [2.75, 3.05) is 13.1 Å². The van der Waals surface area contributed by atoms with E-state index in [9.17, 15) is 9.59 Å². The summed E-state index contributed by atoms with van der Waals surface area (Å²) < 4.78 is 5.07. The van der Waals surface area contributed by atoms with Crippen LogP contribution in [0.15, 0.2) is 52.4 Å². The average molecular weight is 352 g/mol. The second-order valence-corrected chi connectivity index (χ2v) is 6.58. The lowest BCUT2D eigenvalue weighted by Crippen LogP contribution is -2.43. The van der Waals surface area contributed by atoms with Crippen LogP contribution in [0.5, 0.6) is 0 Å². The Balaban J connectivity index is 1.39. The Morgan fingerprint density at radius 3 is 2.58 bits per heavy atom. The molecule has 1 aromatic carbocycles. The van der Waals surface area contributed by atoms with E-state index < -0.39 is 0 Å². The first kappa shape index (κ1) is 16.5. The molecule has 1 atom stereocenters. The summed E-state index contributed by atoms with van der Waals surface area (Å²) in [6.45, 7) is 1.06. The van der Waals surface area contributed by atoms with Gasteiger partial charge in [0.25, 0.3) is 5.91 Å². The van der Waals surface area contributed by atoms with Crippen molar-refractivity contribution in [2.24, 2.45) is 11.0 Å². The Bertz CT molecular complexity index is 795. The van der Waals surface area contributed by atoms with Crippen molar-refractivity contribution >= 4 is 18.0 Å². The van der Waals surface area contributed by atoms with Crippen LogP contribution < -0.4 is 0 Å². The third-order valence-electron chi connectivity index (χ3n) is 5.01. The van der Waals surface area contributed by atoms with Crippen molar-refractivity contribution in [2.45, 2.75) is 25.3 Å². The van der Waals surface area contributed by atoms with Gasteiger partial charge in [0.1, 0.15) is 0 Å². The van der Waals surface area contributed by atoms with Gasteiger partial charge in [0.05, 0.1) is 12.2 Å². The smallest absolute Gasteiger partial charge is 0.291 e. The molecule has 3 heterocycles. The maximum Gasteiger partial charge on any atom is 0.291 e. The molecule has 2 aliphatic rings. The van der Waals surface area contributed by atoms with E-state index in [4.69, 9.17) is 4.42 Å². The summed E-state index contributed by atoms with van der Waals surface area (Å²) in [6.07, 6.45) is 6.47. The van der Waals surface area contributed by atoms with Gasteiger partial charge in [-0.15, -0.1) is 0 Å². The van der Waals surface area contributed by atoms with Gasteiger partial charge in [-0.2, -0.15) is 5.10 Å². The summed E-state index contributed by atoms with van der Waals surface area (Å²) in [5.74, 6) is -0.00702. The van der Waals surface area contributed by atoms with Crippen LogP contribution in [0, 0.1) is 5.92 Å². The van der Waals surface area contributed by atoms with E-state index in [0.29, 0.717) is 25.9 Å². The van der Waals surface area contributed by atoms with E-state index in [0.717, 1.165) is 12.0 Å². The highest BCUT2D eigenvalue weighted by Gasteiger charge is 2.35. The molecule has 1 saturated heterocycles. The zero-order chi connectivity index (χ0) is 17.9. The van der Waals surface area contributed by atoms with E-state index in [1.807, 2.05) is 30.3 Å². The number of carbonyl (C=O) groups excluding carboxylic acids is 2. The highest BCUT2D eigenvalue weighted by atomic mass is 16.3. The van der Waals surface area contributed by atoms with Gasteiger partial charge in [-0.1, -0.05) is 30.3 Å². The van der Waals surface area contributed by atoms with Crippen LogP contribution in [-0.2, 0) is 4.79 Å². The average Bonchev–Trinajstić information content (AvgIpc) is 3.39. The lowest BCUT2D eigenvalue weighted by molar-refractivity contribution is -0.138. The fraction of sp³-hybridized carbons (Fsp3) is 0.368. The van der Waals surface area contributed by atoms with E-state index in [2.05, 4.69) is 10.1 Å². The predicted molar refractivity (Wildman–Crippen MR) is 94.3 cm³/mol. The van der Waals surface area contributed by atoms with Crippen LogP contribution in [0.1, 0.15) is 41.4 Å². The summed E-state index contributed by atoms with van der Waals surface area (Å²) in [5, 5.41) is 5.94. The monoisotopic (exact) mass is 352 g/mol. The number of amides is 2. The van der Waals surface area contributed by atoms with Crippen molar-refractivity contribution in [3.05, 3.63) is 54.2 Å². The number of hydrogen-bond donors (Lipinski definition) is 0. The molecule has 2 aliphatic heterocycles. The standard InChI is InChI=1S/C19H20N4O3/c24-18(23-16(6-9-21-23)14-4-2-1-3-5-14)15-7-10-22(11-8-15)19(25)17-12-20-13-26-17/h1-5,9,12-13,15-16H,6-8,10-11H2/t16-/m0/s1. The SMILES string of the molecule is O=C(c1cnco1)N1CCC(C(=O)N2N=CC[C@H]2c2ccccc2)CC1. The van der Waals surface area contributed by atoms with Gasteiger partial charge in [0.15, 0.2) is 6.39 Å². The number of piperidine rings is 1. The zero-order valence-electron chi connectivity index (χ0n) is 14.3. The fourth-order valence-corrected chi connectivity index (χ4v) is 3.57. The van der Waals surface area contributed by atoms with Gasteiger partial charge >= 0.3 is 0 Å². The molecular weight excluding hydrogens is 332 g/mol. The van der Waals surface area contributed by atoms with Crippen LogP contribution in [0.2, 0.25) is 0 Å². The second-order valence-electron chi connectivity index (χ2n) is 6.58. The van der Waals surface area contributed by atoms with Crippen LogP contribution in [0.25, 0.3) is 0 Å². The third-order valence-corrected chi connectivity index (χ3v) is 5.01. The molecule has 0 bridgehead atoms. The maximum atomic E-state index is 13.0. The minimum atomic E-state index is -0.172. The lowest BCUT2D eigenvalue weighted by Gasteiger charge is -2.33. The molecule has 2 amide bonds. The van der Waals surface area contributed by atoms with Crippen molar-refractivity contribution in [3.63, 3.8) is 0 Å². The summed E-state index contributed by atoms with van der Waals surface area (Å²) >= 11 is 0. The number of likely N-dealkylation sites (tertiary alicyclic amines) is 1. The Morgan fingerprint density at radius 2 is 1.88 bits per heavy atom. The highest BCUT2D eigenvalue weighted by molar-refractivity contribution is 5.91. The van der Waals surface area contributed by atoms with Crippen molar-refractivity contribution in [1.82, 2.24) is 14.9 Å². The molecule has 0 spiro atoms. The Labute approximate surface area is 151 Å². The molecule has 0 unspecified atom stereocenters. The molecule has 0 N–H and O–H groups in total. The second kappa shape index (κ2) is 7.11. The van der Waals surface area contributed by atoms with Gasteiger partial charge in [-0.3, -0.25) is 9.59 Å². The number of carbonyl (C=O) groups is 2. The molecular formula is C19H20N4O3. The number of hydrazone groups is 1. The zero-order valence-corrected chi connectivity index (χ0v) is 14.3. The molecule has 1 fully saturated rings. The number of aromatic nitrogens is 1. The lowest BCUT2D eigenvalue weighted by atomic mass is 9.94. The number of nitrogens with zero attached hydrogens (tertiary/aromatic N) is 4. The molecule has 4 rings (SSSR count). The Hall–Kier alpha value is -2.96. The molecule has 0 saturated carbocycles. The van der Waals surface area contributed by atoms with E-state index in [1.54, 1.807) is 16.1 Å². The molecule has 0 aliphatic carbocycles. The van der Waals surface area contributed by atoms with Gasteiger partial charge in [0, 0.05) is 31.6 Å². The number of hydrogen-bond acceptors (Lipinski definition) is 5.